The Hall–Kier alpha value is -2.74. The SMILES string of the molecule is Cc1cc(NC(=O)c2ccnc(Nc3ccc(Br)cc3C)n2)no1. The molecule has 3 rings (SSSR count). The van der Waals surface area contributed by atoms with Crippen LogP contribution in [0.5, 0.6) is 0 Å². The lowest BCUT2D eigenvalue weighted by Crippen LogP contribution is -2.15. The van der Waals surface area contributed by atoms with Crippen molar-refractivity contribution in [2.75, 3.05) is 10.6 Å². The fourth-order valence-electron chi connectivity index (χ4n) is 2.04. The Morgan fingerprint density at radius 2 is 2.04 bits per heavy atom. The van der Waals surface area contributed by atoms with Crippen molar-refractivity contribution in [3.63, 3.8) is 0 Å². The molecule has 0 saturated carbocycles. The van der Waals surface area contributed by atoms with E-state index in [2.05, 4.69) is 41.7 Å². The van der Waals surface area contributed by atoms with E-state index < -0.39 is 0 Å². The molecule has 0 radical (unpaired) electrons. The summed E-state index contributed by atoms with van der Waals surface area (Å²) in [7, 11) is 0. The number of aryl methyl sites for hydroxylation is 2. The largest absolute Gasteiger partial charge is 0.360 e. The topological polar surface area (TPSA) is 92.9 Å². The number of anilines is 3. The van der Waals surface area contributed by atoms with E-state index in [1.165, 1.54) is 12.3 Å². The maximum absolute atomic E-state index is 12.2. The van der Waals surface area contributed by atoms with Crippen molar-refractivity contribution in [3.8, 4) is 0 Å². The summed E-state index contributed by atoms with van der Waals surface area (Å²) in [5.74, 6) is 0.904. The van der Waals surface area contributed by atoms with Crippen LogP contribution < -0.4 is 10.6 Å². The minimum atomic E-state index is -0.388. The molecule has 2 N–H and O–H groups in total. The second-order valence-corrected chi connectivity index (χ2v) is 6.04. The molecular formula is C16H14BrN5O2. The first-order chi connectivity index (χ1) is 11.5. The average molecular weight is 388 g/mol. The number of nitrogens with zero attached hydrogens (tertiary/aromatic N) is 3. The van der Waals surface area contributed by atoms with Gasteiger partial charge in [0.2, 0.25) is 5.95 Å². The molecule has 0 unspecified atom stereocenters. The van der Waals surface area contributed by atoms with Gasteiger partial charge >= 0.3 is 0 Å². The maximum atomic E-state index is 12.2. The van der Waals surface area contributed by atoms with E-state index in [0.717, 1.165) is 15.7 Å². The van der Waals surface area contributed by atoms with Gasteiger partial charge in [-0.05, 0) is 43.7 Å². The van der Waals surface area contributed by atoms with Crippen LogP contribution in [0.25, 0.3) is 0 Å². The quantitative estimate of drug-likeness (QED) is 0.706. The first-order valence-electron chi connectivity index (χ1n) is 7.12. The van der Waals surface area contributed by atoms with Gasteiger partial charge in [-0.3, -0.25) is 4.79 Å². The van der Waals surface area contributed by atoms with Gasteiger partial charge in [0.25, 0.3) is 5.91 Å². The summed E-state index contributed by atoms with van der Waals surface area (Å²) < 4.78 is 5.90. The predicted molar refractivity (Wildman–Crippen MR) is 93.4 cm³/mol. The third-order valence-electron chi connectivity index (χ3n) is 3.19. The summed E-state index contributed by atoms with van der Waals surface area (Å²) in [6.07, 6.45) is 1.52. The van der Waals surface area contributed by atoms with Crippen LogP contribution in [-0.4, -0.2) is 21.0 Å². The van der Waals surface area contributed by atoms with E-state index in [-0.39, 0.29) is 11.6 Å². The number of halogens is 1. The molecule has 2 aromatic heterocycles. The van der Waals surface area contributed by atoms with E-state index in [4.69, 9.17) is 4.52 Å². The van der Waals surface area contributed by atoms with Crippen molar-refractivity contribution in [2.24, 2.45) is 0 Å². The Bertz CT molecular complexity index is 894. The Balaban J connectivity index is 1.77. The van der Waals surface area contributed by atoms with E-state index in [1.54, 1.807) is 13.0 Å². The van der Waals surface area contributed by atoms with Gasteiger partial charge < -0.3 is 15.2 Å². The fraction of sp³-hybridized carbons (Fsp3) is 0.125. The van der Waals surface area contributed by atoms with Crippen LogP contribution in [0.4, 0.5) is 17.5 Å². The molecule has 8 heteroatoms. The van der Waals surface area contributed by atoms with Crippen LogP contribution in [0, 0.1) is 13.8 Å². The Morgan fingerprint density at radius 3 is 2.75 bits per heavy atom. The summed E-state index contributed by atoms with van der Waals surface area (Å²) in [5.41, 5.74) is 2.12. The van der Waals surface area contributed by atoms with E-state index >= 15 is 0 Å². The van der Waals surface area contributed by atoms with Crippen LogP contribution in [0.3, 0.4) is 0 Å². The summed E-state index contributed by atoms with van der Waals surface area (Å²) in [5, 5.41) is 9.45. The lowest BCUT2D eigenvalue weighted by Gasteiger charge is -2.09. The van der Waals surface area contributed by atoms with Gasteiger partial charge in [-0.2, -0.15) is 0 Å². The third kappa shape index (κ3) is 3.77. The number of hydrogen-bond donors (Lipinski definition) is 2. The zero-order valence-electron chi connectivity index (χ0n) is 13.0. The Labute approximate surface area is 146 Å². The molecule has 122 valence electrons. The minimum Gasteiger partial charge on any atom is -0.360 e. The van der Waals surface area contributed by atoms with Gasteiger partial charge in [-0.15, -0.1) is 0 Å². The van der Waals surface area contributed by atoms with E-state index in [0.29, 0.717) is 17.5 Å². The summed E-state index contributed by atoms with van der Waals surface area (Å²) >= 11 is 3.42. The van der Waals surface area contributed by atoms with Crippen LogP contribution in [0.2, 0.25) is 0 Å². The van der Waals surface area contributed by atoms with Crippen molar-refractivity contribution in [3.05, 3.63) is 58.0 Å². The molecule has 0 atom stereocenters. The highest BCUT2D eigenvalue weighted by Crippen LogP contribution is 2.22. The number of rotatable bonds is 4. The number of nitrogens with one attached hydrogen (secondary N) is 2. The Kier molecular flexibility index (Phi) is 4.57. The minimum absolute atomic E-state index is 0.225. The number of aromatic nitrogens is 3. The van der Waals surface area contributed by atoms with Crippen molar-refractivity contribution in [2.45, 2.75) is 13.8 Å². The molecule has 1 amide bonds. The van der Waals surface area contributed by atoms with Gasteiger partial charge in [0.1, 0.15) is 11.5 Å². The monoisotopic (exact) mass is 387 g/mol. The molecule has 7 nitrogen and oxygen atoms in total. The fourth-order valence-corrected chi connectivity index (χ4v) is 2.51. The standard InChI is InChI=1S/C16H14BrN5O2/c1-9-7-11(17)3-4-12(9)19-16-18-6-5-13(20-16)15(23)21-14-8-10(2)24-22-14/h3-8H,1-2H3,(H,18,19,20)(H,21,22,23). The molecule has 0 aliphatic heterocycles. The molecule has 0 aliphatic carbocycles. The molecule has 2 heterocycles. The second-order valence-electron chi connectivity index (χ2n) is 5.13. The number of hydrogen-bond acceptors (Lipinski definition) is 6. The number of carbonyl (C=O) groups excluding carboxylic acids is 1. The molecule has 0 aliphatic rings. The lowest BCUT2D eigenvalue weighted by molar-refractivity contribution is 0.102. The lowest BCUT2D eigenvalue weighted by atomic mass is 10.2. The third-order valence-corrected chi connectivity index (χ3v) is 3.69. The summed E-state index contributed by atoms with van der Waals surface area (Å²) in [6, 6.07) is 8.96. The highest BCUT2D eigenvalue weighted by Gasteiger charge is 2.12. The van der Waals surface area contributed by atoms with E-state index in [1.807, 2.05) is 25.1 Å². The van der Waals surface area contributed by atoms with Crippen molar-refractivity contribution in [1.82, 2.24) is 15.1 Å². The average Bonchev–Trinajstić information content (AvgIpc) is 2.95. The highest BCUT2D eigenvalue weighted by molar-refractivity contribution is 9.10. The van der Waals surface area contributed by atoms with Crippen molar-refractivity contribution in [1.29, 1.82) is 0 Å². The molecule has 0 spiro atoms. The van der Waals surface area contributed by atoms with E-state index in [9.17, 15) is 4.79 Å². The van der Waals surface area contributed by atoms with Gasteiger partial charge in [-0.1, -0.05) is 21.1 Å². The second kappa shape index (κ2) is 6.79. The molecule has 0 bridgehead atoms. The van der Waals surface area contributed by atoms with Gasteiger partial charge in [-0.25, -0.2) is 9.97 Å². The van der Waals surface area contributed by atoms with Gasteiger partial charge in [0.15, 0.2) is 5.82 Å². The summed E-state index contributed by atoms with van der Waals surface area (Å²) in [6.45, 7) is 3.71. The highest BCUT2D eigenvalue weighted by atomic mass is 79.9. The number of benzene rings is 1. The zero-order chi connectivity index (χ0) is 17.1. The molecule has 3 aromatic rings. The molecule has 1 aromatic carbocycles. The van der Waals surface area contributed by atoms with Gasteiger partial charge in [0, 0.05) is 22.4 Å². The van der Waals surface area contributed by atoms with Gasteiger partial charge in [0.05, 0.1) is 0 Å². The maximum Gasteiger partial charge on any atom is 0.275 e. The first kappa shape index (κ1) is 16.1. The van der Waals surface area contributed by atoms with Crippen LogP contribution in [-0.2, 0) is 0 Å². The van der Waals surface area contributed by atoms with Crippen LogP contribution in [0.1, 0.15) is 21.8 Å². The Morgan fingerprint density at radius 1 is 1.21 bits per heavy atom. The number of carbonyl (C=O) groups is 1. The molecule has 0 saturated heterocycles. The summed E-state index contributed by atoms with van der Waals surface area (Å²) in [4.78, 5) is 20.6. The normalized spacial score (nSPS) is 10.5. The van der Waals surface area contributed by atoms with Crippen LogP contribution in [0.15, 0.2) is 45.5 Å². The van der Waals surface area contributed by atoms with Crippen molar-refractivity contribution < 1.29 is 9.32 Å². The first-order valence-corrected chi connectivity index (χ1v) is 7.91. The van der Waals surface area contributed by atoms with Crippen molar-refractivity contribution >= 4 is 39.3 Å². The predicted octanol–water partition coefficient (Wildman–Crippen LogP) is 3.84. The smallest absolute Gasteiger partial charge is 0.275 e. The molecular weight excluding hydrogens is 374 g/mol. The molecule has 0 fully saturated rings. The number of amides is 1. The van der Waals surface area contributed by atoms with Crippen LogP contribution >= 0.6 is 15.9 Å². The zero-order valence-corrected chi connectivity index (χ0v) is 14.6. The molecule has 24 heavy (non-hydrogen) atoms.